The molecule has 0 saturated carbocycles. The summed E-state index contributed by atoms with van der Waals surface area (Å²) in [5.41, 5.74) is 7.56. The van der Waals surface area contributed by atoms with Crippen molar-refractivity contribution in [2.45, 2.75) is 39.3 Å². The highest BCUT2D eigenvalue weighted by Crippen LogP contribution is 2.33. The summed E-state index contributed by atoms with van der Waals surface area (Å²) >= 11 is 1.77. The number of tetrazole rings is 1. The van der Waals surface area contributed by atoms with Crippen molar-refractivity contribution in [1.82, 2.24) is 25.7 Å². The Morgan fingerprint density at radius 1 is 1.00 bits per heavy atom. The van der Waals surface area contributed by atoms with E-state index in [-0.39, 0.29) is 6.17 Å². The van der Waals surface area contributed by atoms with E-state index >= 15 is 0 Å². The van der Waals surface area contributed by atoms with Crippen molar-refractivity contribution < 1.29 is 4.84 Å². The number of hydrogen-bond donors (Lipinski definition) is 1. The largest absolute Gasteiger partial charge is 0.275 e. The fourth-order valence-corrected chi connectivity index (χ4v) is 5.28. The number of aliphatic imine (C=N–C) groups is 1. The van der Waals surface area contributed by atoms with Crippen LogP contribution in [0.5, 0.6) is 0 Å². The van der Waals surface area contributed by atoms with Gasteiger partial charge in [0.25, 0.3) is 0 Å². The average Bonchev–Trinajstić information content (AvgIpc) is 3.61. The minimum absolute atomic E-state index is 0.0364. The van der Waals surface area contributed by atoms with Gasteiger partial charge in [0.2, 0.25) is 5.82 Å². The van der Waals surface area contributed by atoms with Gasteiger partial charge in [-0.1, -0.05) is 67.9 Å². The quantitative estimate of drug-likeness (QED) is 0.337. The molecule has 0 aliphatic carbocycles. The fourth-order valence-electron chi connectivity index (χ4n) is 4.57. The third-order valence-electron chi connectivity index (χ3n) is 6.26. The van der Waals surface area contributed by atoms with Crippen molar-refractivity contribution in [1.29, 1.82) is 0 Å². The molecule has 5 rings (SSSR count). The molecule has 0 amide bonds. The van der Waals surface area contributed by atoms with Crippen LogP contribution in [0.3, 0.4) is 0 Å². The van der Waals surface area contributed by atoms with Crippen molar-refractivity contribution >= 4 is 17.0 Å². The lowest BCUT2D eigenvalue weighted by Crippen LogP contribution is -2.38. The van der Waals surface area contributed by atoms with Crippen LogP contribution < -0.4 is 0 Å². The maximum absolute atomic E-state index is 5.78. The zero-order chi connectivity index (χ0) is 24.2. The van der Waals surface area contributed by atoms with Crippen LogP contribution in [0.1, 0.15) is 37.1 Å². The van der Waals surface area contributed by atoms with Gasteiger partial charge in [-0.3, -0.25) is 9.83 Å². The SMILES string of the molecule is CCCC1N=C(c2ccc(-c3ccccc3-c3nn[nH]n3)cc2)C(Cc2cccs2)=C(C)N1OC. The smallest absolute Gasteiger partial charge is 0.205 e. The highest BCUT2D eigenvalue weighted by molar-refractivity contribution is 7.09. The Labute approximate surface area is 209 Å². The number of nitrogens with one attached hydrogen (secondary N) is 1. The summed E-state index contributed by atoms with van der Waals surface area (Å²) in [4.78, 5) is 12.3. The van der Waals surface area contributed by atoms with Crippen molar-refractivity contribution in [3.63, 3.8) is 0 Å². The Hall–Kier alpha value is -3.62. The molecule has 1 atom stereocenters. The summed E-state index contributed by atoms with van der Waals surface area (Å²) in [6.45, 7) is 4.32. The third-order valence-corrected chi connectivity index (χ3v) is 7.14. The molecule has 0 radical (unpaired) electrons. The van der Waals surface area contributed by atoms with Crippen LogP contribution >= 0.6 is 11.3 Å². The first-order valence-corrected chi connectivity index (χ1v) is 12.6. The van der Waals surface area contributed by atoms with Gasteiger partial charge in [-0.05, 0) is 41.1 Å². The molecule has 2 aromatic carbocycles. The highest BCUT2D eigenvalue weighted by Gasteiger charge is 2.29. The van der Waals surface area contributed by atoms with Gasteiger partial charge in [-0.2, -0.15) is 5.21 Å². The molecule has 0 bridgehead atoms. The number of nitrogens with zero attached hydrogens (tertiary/aromatic N) is 5. The zero-order valence-corrected chi connectivity index (χ0v) is 20.9. The summed E-state index contributed by atoms with van der Waals surface area (Å²) in [7, 11) is 1.73. The van der Waals surface area contributed by atoms with E-state index in [4.69, 9.17) is 9.83 Å². The average molecular weight is 485 g/mol. The Morgan fingerprint density at radius 3 is 2.43 bits per heavy atom. The summed E-state index contributed by atoms with van der Waals surface area (Å²) < 4.78 is 0. The number of aromatic nitrogens is 4. The Kier molecular flexibility index (Phi) is 6.83. The number of benzene rings is 2. The third kappa shape index (κ3) is 4.67. The Morgan fingerprint density at radius 2 is 1.77 bits per heavy atom. The van der Waals surface area contributed by atoms with Gasteiger partial charge in [0, 0.05) is 33.7 Å². The predicted octanol–water partition coefficient (Wildman–Crippen LogP) is 5.90. The van der Waals surface area contributed by atoms with E-state index in [0.717, 1.165) is 52.9 Å². The Bertz CT molecular complexity index is 1330. The van der Waals surface area contributed by atoms with Crippen molar-refractivity contribution in [2.24, 2.45) is 4.99 Å². The van der Waals surface area contributed by atoms with Crippen molar-refractivity contribution in [2.75, 3.05) is 7.11 Å². The van der Waals surface area contributed by atoms with Gasteiger partial charge in [-0.25, -0.2) is 5.06 Å². The molecule has 1 unspecified atom stereocenters. The van der Waals surface area contributed by atoms with Crippen molar-refractivity contribution in [3.05, 3.63) is 87.8 Å². The number of thiophene rings is 1. The number of aromatic amines is 1. The molecule has 35 heavy (non-hydrogen) atoms. The molecule has 0 saturated heterocycles. The molecule has 1 aliphatic rings. The first-order valence-electron chi connectivity index (χ1n) is 11.8. The maximum atomic E-state index is 5.78. The Balaban J connectivity index is 1.54. The topological polar surface area (TPSA) is 79.3 Å². The number of hydroxylamine groups is 2. The molecule has 4 aromatic rings. The van der Waals surface area contributed by atoms with E-state index in [0.29, 0.717) is 5.82 Å². The second-order valence-electron chi connectivity index (χ2n) is 8.43. The molecular weight excluding hydrogens is 456 g/mol. The van der Waals surface area contributed by atoms with Gasteiger partial charge in [0.15, 0.2) is 0 Å². The van der Waals surface area contributed by atoms with E-state index < -0.39 is 0 Å². The first kappa shape index (κ1) is 23.1. The number of rotatable bonds is 8. The first-order chi connectivity index (χ1) is 17.2. The van der Waals surface area contributed by atoms with Crippen LogP contribution in [0.2, 0.25) is 0 Å². The molecule has 1 aliphatic heterocycles. The summed E-state index contributed by atoms with van der Waals surface area (Å²) in [5, 5.41) is 18.7. The van der Waals surface area contributed by atoms with Crippen LogP contribution in [0.4, 0.5) is 0 Å². The number of allylic oxidation sites excluding steroid dienone is 2. The minimum Gasteiger partial charge on any atom is -0.275 e. The molecule has 178 valence electrons. The molecule has 0 spiro atoms. The summed E-state index contributed by atoms with van der Waals surface area (Å²) in [5.74, 6) is 0.584. The van der Waals surface area contributed by atoms with Crippen LogP contribution in [0.15, 0.2) is 82.3 Å². The van der Waals surface area contributed by atoms with Gasteiger partial charge >= 0.3 is 0 Å². The molecule has 0 fully saturated rings. The van der Waals surface area contributed by atoms with Crippen LogP contribution in [0.25, 0.3) is 22.5 Å². The lowest BCUT2D eigenvalue weighted by Gasteiger charge is -2.35. The zero-order valence-electron chi connectivity index (χ0n) is 20.1. The van der Waals surface area contributed by atoms with E-state index in [1.54, 1.807) is 18.4 Å². The molecule has 3 heterocycles. The molecule has 8 heteroatoms. The van der Waals surface area contributed by atoms with Gasteiger partial charge < -0.3 is 0 Å². The van der Waals surface area contributed by atoms with E-state index in [2.05, 4.69) is 82.3 Å². The standard InChI is InChI=1S/C27H28N6OS/c1-4-8-25-28-26(24(18(2)33(25)34-3)17-21-9-7-16-35-21)20-14-12-19(13-15-20)22-10-5-6-11-23(22)27-29-31-32-30-27/h5-7,9-16,25H,4,8,17H2,1-3H3,(H,29,30,31,32). The van der Waals surface area contributed by atoms with E-state index in [1.165, 1.54) is 10.5 Å². The molecule has 1 N–H and O–H groups in total. The van der Waals surface area contributed by atoms with Crippen molar-refractivity contribution in [3.8, 4) is 22.5 Å². The van der Waals surface area contributed by atoms with Gasteiger partial charge in [0.1, 0.15) is 6.17 Å². The van der Waals surface area contributed by atoms with E-state index in [1.807, 2.05) is 23.3 Å². The van der Waals surface area contributed by atoms with Crippen LogP contribution in [-0.4, -0.2) is 44.7 Å². The molecule has 2 aromatic heterocycles. The summed E-state index contributed by atoms with van der Waals surface area (Å²) in [6, 6.07) is 21.0. The van der Waals surface area contributed by atoms with Crippen LogP contribution in [0, 0.1) is 0 Å². The second-order valence-corrected chi connectivity index (χ2v) is 9.47. The van der Waals surface area contributed by atoms with E-state index in [9.17, 15) is 0 Å². The fraction of sp³-hybridized carbons (Fsp3) is 0.259. The predicted molar refractivity (Wildman–Crippen MR) is 140 cm³/mol. The second kappa shape index (κ2) is 10.3. The molecule has 7 nitrogen and oxygen atoms in total. The lowest BCUT2D eigenvalue weighted by atomic mass is 9.92. The minimum atomic E-state index is -0.0364. The lowest BCUT2D eigenvalue weighted by molar-refractivity contribution is -0.133. The van der Waals surface area contributed by atoms with Crippen LogP contribution in [-0.2, 0) is 11.3 Å². The monoisotopic (exact) mass is 484 g/mol. The number of H-pyrrole nitrogens is 1. The highest BCUT2D eigenvalue weighted by atomic mass is 32.1. The van der Waals surface area contributed by atoms with Gasteiger partial charge in [0.05, 0.1) is 12.8 Å². The molecular formula is C27H28N6OS. The number of hydrogen-bond acceptors (Lipinski definition) is 7. The van der Waals surface area contributed by atoms with Gasteiger partial charge in [-0.15, -0.1) is 21.5 Å². The maximum Gasteiger partial charge on any atom is 0.205 e. The summed E-state index contributed by atoms with van der Waals surface area (Å²) in [6.07, 6.45) is 2.74. The normalized spacial score (nSPS) is 16.0.